The van der Waals surface area contributed by atoms with Crippen LogP contribution in [0, 0.1) is 0 Å². The number of nitrogens with one attached hydrogen (secondary N) is 1. The van der Waals surface area contributed by atoms with Crippen LogP contribution >= 0.6 is 7.82 Å². The lowest BCUT2D eigenvalue weighted by Crippen LogP contribution is -2.45. The largest absolute Gasteiger partial charge is 0.472 e. The summed E-state index contributed by atoms with van der Waals surface area (Å²) in [6.07, 6.45) is 70.2. The molecule has 0 heterocycles. The molecule has 0 radical (unpaired) electrons. The van der Waals surface area contributed by atoms with Crippen LogP contribution in [0.15, 0.2) is 97.2 Å². The predicted molar refractivity (Wildman–Crippen MR) is 290 cm³/mol. The van der Waals surface area contributed by atoms with E-state index in [1.54, 1.807) is 6.08 Å². The Morgan fingerprint density at radius 3 is 1.30 bits per heavy atom. The van der Waals surface area contributed by atoms with Crippen molar-refractivity contribution in [3.05, 3.63) is 97.2 Å². The number of unbranched alkanes of at least 4 members (excludes halogenated alkanes) is 21. The maximum atomic E-state index is 12.8. The third-order valence-corrected chi connectivity index (χ3v) is 12.5. The van der Waals surface area contributed by atoms with Crippen molar-refractivity contribution in [1.29, 1.82) is 0 Å². The number of aliphatic hydroxyl groups is 1. The summed E-state index contributed by atoms with van der Waals surface area (Å²) in [4.78, 5) is 22.9. The van der Waals surface area contributed by atoms with Crippen LogP contribution in [-0.4, -0.2) is 73.4 Å². The van der Waals surface area contributed by atoms with Gasteiger partial charge in [0.2, 0.25) is 5.91 Å². The molecule has 0 rings (SSSR count). The van der Waals surface area contributed by atoms with Crippen molar-refractivity contribution in [3.63, 3.8) is 0 Å². The summed E-state index contributed by atoms with van der Waals surface area (Å²) >= 11 is 0. The lowest BCUT2D eigenvalue weighted by Gasteiger charge is -2.25. The zero-order valence-corrected chi connectivity index (χ0v) is 44.8. The number of likely N-dealkylation sites (N-methyl/N-ethyl adjacent to an activating group) is 1. The molecule has 67 heavy (non-hydrogen) atoms. The van der Waals surface area contributed by atoms with Gasteiger partial charge in [-0.1, -0.05) is 233 Å². The summed E-state index contributed by atoms with van der Waals surface area (Å²) in [5.74, 6) is -0.188. The van der Waals surface area contributed by atoms with Crippen LogP contribution in [0.2, 0.25) is 0 Å². The summed E-state index contributed by atoms with van der Waals surface area (Å²) in [7, 11) is 1.56. The SMILES string of the molecule is CC/C=C\C/C=C\C/C=C\C/C=C\C/C=C\C/C=C\C/C=C\CCCCCCCCCCCCCCCCCCCCCC(=O)NC(COP(=O)(O)OCC[N+](C)(C)C)C(O)/C=C/CCCC. The van der Waals surface area contributed by atoms with Crippen LogP contribution in [0.1, 0.15) is 213 Å². The second-order valence-corrected chi connectivity index (χ2v) is 20.7. The van der Waals surface area contributed by atoms with Crippen molar-refractivity contribution in [3.8, 4) is 0 Å². The fraction of sp³-hybridized carbons (Fsp3) is 0.707. The van der Waals surface area contributed by atoms with Crippen molar-refractivity contribution in [1.82, 2.24) is 5.32 Å². The van der Waals surface area contributed by atoms with E-state index in [0.29, 0.717) is 17.4 Å². The molecule has 0 fully saturated rings. The van der Waals surface area contributed by atoms with Gasteiger partial charge in [-0.2, -0.15) is 0 Å². The molecule has 3 atom stereocenters. The highest BCUT2D eigenvalue weighted by atomic mass is 31.2. The molecule has 0 aromatic rings. The van der Waals surface area contributed by atoms with Gasteiger partial charge in [0.15, 0.2) is 0 Å². The Morgan fingerprint density at radius 1 is 0.522 bits per heavy atom. The number of hydrogen-bond donors (Lipinski definition) is 3. The Labute approximate surface area is 413 Å². The number of carbonyl (C=O) groups is 1. The lowest BCUT2D eigenvalue weighted by molar-refractivity contribution is -0.870. The molecular weight excluding hydrogens is 852 g/mol. The minimum absolute atomic E-state index is 0.0583. The third kappa shape index (κ3) is 51.1. The highest BCUT2D eigenvalue weighted by molar-refractivity contribution is 7.47. The van der Waals surface area contributed by atoms with Gasteiger partial charge in [0, 0.05) is 6.42 Å². The Balaban J connectivity index is 3.73. The molecule has 9 heteroatoms. The number of allylic oxidation sites excluding steroid dienone is 15. The molecule has 386 valence electrons. The fourth-order valence-electron chi connectivity index (χ4n) is 7.30. The first kappa shape index (κ1) is 64.4. The number of rotatable bonds is 48. The van der Waals surface area contributed by atoms with Gasteiger partial charge in [0.25, 0.3) is 0 Å². The monoisotopic (exact) mass is 956 g/mol. The van der Waals surface area contributed by atoms with E-state index >= 15 is 0 Å². The van der Waals surface area contributed by atoms with Gasteiger partial charge in [-0.3, -0.25) is 13.8 Å². The first-order chi connectivity index (χ1) is 32.5. The molecule has 0 aromatic heterocycles. The number of hydrogen-bond acceptors (Lipinski definition) is 5. The molecular formula is C58H104N2O6P+. The zero-order chi connectivity index (χ0) is 49.2. The first-order valence-corrected chi connectivity index (χ1v) is 28.6. The Morgan fingerprint density at radius 2 is 0.896 bits per heavy atom. The third-order valence-electron chi connectivity index (χ3n) is 11.6. The summed E-state index contributed by atoms with van der Waals surface area (Å²) in [6, 6.07) is -0.844. The molecule has 0 saturated heterocycles. The van der Waals surface area contributed by atoms with E-state index in [0.717, 1.165) is 83.5 Å². The van der Waals surface area contributed by atoms with Crippen LogP contribution in [0.25, 0.3) is 0 Å². The van der Waals surface area contributed by atoms with E-state index in [4.69, 9.17) is 9.05 Å². The van der Waals surface area contributed by atoms with E-state index < -0.39 is 20.0 Å². The average molecular weight is 956 g/mol. The molecule has 1 amide bonds. The minimum atomic E-state index is -4.32. The van der Waals surface area contributed by atoms with Gasteiger partial charge >= 0.3 is 7.82 Å². The van der Waals surface area contributed by atoms with Crippen molar-refractivity contribution in [2.75, 3.05) is 40.9 Å². The van der Waals surface area contributed by atoms with E-state index in [2.05, 4.69) is 104 Å². The van der Waals surface area contributed by atoms with Gasteiger partial charge in [-0.05, 0) is 70.6 Å². The van der Waals surface area contributed by atoms with Gasteiger partial charge in [0.05, 0.1) is 39.9 Å². The van der Waals surface area contributed by atoms with Crippen molar-refractivity contribution >= 4 is 13.7 Å². The first-order valence-electron chi connectivity index (χ1n) is 27.1. The molecule has 0 bridgehead atoms. The number of aliphatic hydroxyl groups excluding tert-OH is 1. The summed E-state index contributed by atoms with van der Waals surface area (Å²) in [5.41, 5.74) is 0. The van der Waals surface area contributed by atoms with Gasteiger partial charge in [-0.25, -0.2) is 4.57 Å². The van der Waals surface area contributed by atoms with Crippen LogP contribution in [0.3, 0.4) is 0 Å². The average Bonchev–Trinajstić information content (AvgIpc) is 3.29. The highest BCUT2D eigenvalue weighted by Crippen LogP contribution is 2.43. The number of quaternary nitrogens is 1. The lowest BCUT2D eigenvalue weighted by atomic mass is 10.0. The zero-order valence-electron chi connectivity index (χ0n) is 43.9. The van der Waals surface area contributed by atoms with E-state index in [-0.39, 0.29) is 19.1 Å². The number of nitrogens with zero attached hydrogens (tertiary/aromatic N) is 1. The summed E-state index contributed by atoms with van der Waals surface area (Å²) in [5, 5.41) is 13.6. The Bertz CT molecular complexity index is 1410. The molecule has 0 spiro atoms. The van der Waals surface area contributed by atoms with E-state index in [9.17, 15) is 19.4 Å². The fourth-order valence-corrected chi connectivity index (χ4v) is 8.04. The van der Waals surface area contributed by atoms with Crippen LogP contribution in [-0.2, 0) is 18.4 Å². The maximum Gasteiger partial charge on any atom is 0.472 e. The second kappa shape index (κ2) is 48.4. The number of amides is 1. The topological polar surface area (TPSA) is 105 Å². The number of phosphoric ester groups is 1. The van der Waals surface area contributed by atoms with E-state index in [1.165, 1.54) is 109 Å². The molecule has 0 aliphatic heterocycles. The summed E-state index contributed by atoms with van der Waals surface area (Å²) in [6.45, 7) is 4.53. The highest BCUT2D eigenvalue weighted by Gasteiger charge is 2.27. The van der Waals surface area contributed by atoms with Gasteiger partial charge in [-0.15, -0.1) is 0 Å². The number of carbonyl (C=O) groups excluding carboxylic acids is 1. The predicted octanol–water partition coefficient (Wildman–Crippen LogP) is 16.3. The molecule has 0 saturated carbocycles. The maximum absolute atomic E-state index is 12.8. The molecule has 8 nitrogen and oxygen atoms in total. The Hall–Kier alpha value is -2.58. The quantitative estimate of drug-likeness (QED) is 0.0243. The molecule has 3 N–H and O–H groups in total. The van der Waals surface area contributed by atoms with Gasteiger partial charge in [0.1, 0.15) is 13.2 Å². The van der Waals surface area contributed by atoms with Crippen LogP contribution in [0.5, 0.6) is 0 Å². The Kier molecular flexibility index (Phi) is 46.6. The summed E-state index contributed by atoms with van der Waals surface area (Å²) < 4.78 is 23.3. The smallest absolute Gasteiger partial charge is 0.387 e. The molecule has 3 unspecified atom stereocenters. The van der Waals surface area contributed by atoms with Crippen molar-refractivity contribution < 1.29 is 32.9 Å². The van der Waals surface area contributed by atoms with Crippen LogP contribution in [0.4, 0.5) is 0 Å². The van der Waals surface area contributed by atoms with Crippen LogP contribution < -0.4 is 5.32 Å². The molecule has 0 aliphatic carbocycles. The van der Waals surface area contributed by atoms with E-state index in [1.807, 2.05) is 27.2 Å². The van der Waals surface area contributed by atoms with Crippen molar-refractivity contribution in [2.45, 2.75) is 225 Å². The van der Waals surface area contributed by atoms with Crippen molar-refractivity contribution in [2.24, 2.45) is 0 Å². The molecule has 0 aliphatic rings. The minimum Gasteiger partial charge on any atom is -0.387 e. The molecule has 0 aromatic carbocycles. The van der Waals surface area contributed by atoms with Gasteiger partial charge < -0.3 is 19.8 Å². The normalized spacial score (nSPS) is 14.8. The standard InChI is InChI=1S/C58H103N2O6P/c1-6-8-10-12-13-14-15-16-17-18-19-20-21-22-23-24-25-26-27-28-29-30-31-32-33-34-35-36-37-38-39-40-41-42-43-44-45-46-47-48-50-52-58(62)59-56(57(61)51-49-11-9-7-2)55-66-67(63,64)65-54-53-60(3,4)5/h8,10,13-14,16-17,19-20,22-23,25-26,28-29,49,51,56-57,61H,6-7,9,11-12,15,18,21,24,27,30-48,50,52-55H2,1-5H3,(H-,59,62,63,64)/p+1/b10-8-,14-13-,17-16-,20-19-,23-22-,26-25-,29-28-,51-49+. The second-order valence-electron chi connectivity index (χ2n) is 19.2. The number of phosphoric acid groups is 1.